The number of rotatable bonds is 5. The fourth-order valence-corrected chi connectivity index (χ4v) is 5.45. The van der Waals surface area contributed by atoms with Gasteiger partial charge in [-0.1, -0.05) is 42.5 Å². The van der Waals surface area contributed by atoms with Crippen LogP contribution in [0.5, 0.6) is 0 Å². The number of hydrogen-bond donors (Lipinski definition) is 0. The smallest absolute Gasteiger partial charge is 0.250 e. The normalized spacial score (nSPS) is 20.1. The van der Waals surface area contributed by atoms with Gasteiger partial charge in [0.15, 0.2) is 0 Å². The largest absolute Gasteiger partial charge is 0.311 e. The minimum Gasteiger partial charge on any atom is -0.311 e. The van der Waals surface area contributed by atoms with Crippen molar-refractivity contribution < 1.29 is 0 Å². The summed E-state index contributed by atoms with van der Waals surface area (Å²) in [7, 11) is 0. The Morgan fingerprint density at radius 1 is 0.968 bits per heavy atom. The summed E-state index contributed by atoms with van der Waals surface area (Å²) >= 11 is 0. The molecule has 2 aliphatic heterocycles. The standard InChI is InChI=1S/C27H27N3O/c28-16-21-8-4-10-23(14-21)25-11-12-26(31)30-18-22-15-24(27(25)30)19-29(17-22)13-5-9-20-6-2-1-3-7-20/h1-4,6-8,10-12,14,22,24H,5,9,13,15,17-19H2. The van der Waals surface area contributed by atoms with Gasteiger partial charge in [-0.05, 0) is 61.1 Å². The van der Waals surface area contributed by atoms with Crippen molar-refractivity contribution in [3.8, 4) is 17.2 Å². The van der Waals surface area contributed by atoms with E-state index in [1.807, 2.05) is 34.9 Å². The highest BCUT2D eigenvalue weighted by Crippen LogP contribution is 2.40. The van der Waals surface area contributed by atoms with Crippen LogP contribution in [0.3, 0.4) is 0 Å². The molecule has 1 fully saturated rings. The van der Waals surface area contributed by atoms with Crippen LogP contribution in [-0.4, -0.2) is 29.1 Å². The van der Waals surface area contributed by atoms with Crippen molar-refractivity contribution in [1.82, 2.24) is 9.47 Å². The average molecular weight is 410 g/mol. The molecule has 3 aromatic rings. The van der Waals surface area contributed by atoms with E-state index in [1.165, 1.54) is 5.56 Å². The second-order valence-electron chi connectivity index (χ2n) is 8.92. The van der Waals surface area contributed by atoms with Gasteiger partial charge in [0.05, 0.1) is 11.6 Å². The van der Waals surface area contributed by atoms with Crippen LogP contribution in [0, 0.1) is 17.2 Å². The van der Waals surface area contributed by atoms with Gasteiger partial charge in [-0.15, -0.1) is 0 Å². The van der Waals surface area contributed by atoms with Crippen molar-refractivity contribution in [2.75, 3.05) is 19.6 Å². The Kier molecular flexibility index (Phi) is 5.44. The fourth-order valence-electron chi connectivity index (χ4n) is 5.45. The number of aryl methyl sites for hydroxylation is 1. The highest BCUT2D eigenvalue weighted by molar-refractivity contribution is 5.68. The molecule has 156 valence electrons. The molecule has 0 amide bonds. The summed E-state index contributed by atoms with van der Waals surface area (Å²) in [6.45, 7) is 3.97. The van der Waals surface area contributed by atoms with Gasteiger partial charge in [-0.3, -0.25) is 4.79 Å². The van der Waals surface area contributed by atoms with Crippen molar-refractivity contribution in [3.63, 3.8) is 0 Å². The lowest BCUT2D eigenvalue weighted by Gasteiger charge is -2.43. The molecule has 0 N–H and O–H groups in total. The molecule has 31 heavy (non-hydrogen) atoms. The third kappa shape index (κ3) is 4.06. The van der Waals surface area contributed by atoms with Crippen LogP contribution in [0.2, 0.25) is 0 Å². The van der Waals surface area contributed by atoms with E-state index in [0.717, 1.165) is 62.3 Å². The topological polar surface area (TPSA) is 49.0 Å². The summed E-state index contributed by atoms with van der Waals surface area (Å²) in [4.78, 5) is 15.3. The van der Waals surface area contributed by atoms with Gasteiger partial charge in [0, 0.05) is 42.9 Å². The van der Waals surface area contributed by atoms with E-state index in [1.54, 1.807) is 6.07 Å². The number of pyridine rings is 1. The Labute approximate surface area is 183 Å². The molecule has 3 heterocycles. The first-order valence-corrected chi connectivity index (χ1v) is 11.2. The molecule has 1 saturated heterocycles. The molecule has 2 unspecified atom stereocenters. The van der Waals surface area contributed by atoms with E-state index in [9.17, 15) is 10.1 Å². The molecular weight excluding hydrogens is 382 g/mol. The first kappa shape index (κ1) is 19.8. The number of hydrogen-bond acceptors (Lipinski definition) is 3. The molecular formula is C27H27N3O. The van der Waals surface area contributed by atoms with Crippen LogP contribution in [0.25, 0.3) is 11.1 Å². The third-order valence-electron chi connectivity index (χ3n) is 6.75. The first-order chi connectivity index (χ1) is 15.2. The van der Waals surface area contributed by atoms with Gasteiger partial charge in [0.2, 0.25) is 0 Å². The number of piperidine rings is 1. The molecule has 0 aliphatic carbocycles. The predicted octanol–water partition coefficient (Wildman–Crippen LogP) is 4.44. The van der Waals surface area contributed by atoms with Gasteiger partial charge in [0.25, 0.3) is 5.56 Å². The van der Waals surface area contributed by atoms with E-state index in [4.69, 9.17) is 0 Å². The Bertz CT molecular complexity index is 1180. The molecule has 0 radical (unpaired) electrons. The molecule has 4 nitrogen and oxygen atoms in total. The highest BCUT2D eigenvalue weighted by Gasteiger charge is 2.36. The molecule has 2 aromatic carbocycles. The fraction of sp³-hybridized carbons (Fsp3) is 0.333. The van der Waals surface area contributed by atoms with E-state index < -0.39 is 0 Å². The van der Waals surface area contributed by atoms with Crippen molar-refractivity contribution in [1.29, 1.82) is 5.26 Å². The molecule has 0 spiro atoms. The van der Waals surface area contributed by atoms with Crippen LogP contribution in [0.4, 0.5) is 0 Å². The van der Waals surface area contributed by atoms with E-state index >= 15 is 0 Å². The number of aromatic nitrogens is 1. The monoisotopic (exact) mass is 409 g/mol. The zero-order valence-corrected chi connectivity index (χ0v) is 17.7. The summed E-state index contributed by atoms with van der Waals surface area (Å²) in [6.07, 6.45) is 3.40. The Hall–Kier alpha value is -3.16. The number of nitrogens with zero attached hydrogens (tertiary/aromatic N) is 3. The summed E-state index contributed by atoms with van der Waals surface area (Å²) in [5.74, 6) is 0.889. The van der Waals surface area contributed by atoms with Crippen LogP contribution in [0.15, 0.2) is 71.5 Å². The lowest BCUT2D eigenvalue weighted by Crippen LogP contribution is -2.47. The lowest BCUT2D eigenvalue weighted by molar-refractivity contribution is 0.119. The summed E-state index contributed by atoms with van der Waals surface area (Å²) in [6, 6.07) is 24.3. The van der Waals surface area contributed by atoms with E-state index in [-0.39, 0.29) is 5.56 Å². The Balaban J connectivity index is 1.39. The summed E-state index contributed by atoms with van der Waals surface area (Å²) < 4.78 is 2.01. The average Bonchev–Trinajstić information content (AvgIpc) is 2.80. The zero-order chi connectivity index (χ0) is 21.2. The summed E-state index contributed by atoms with van der Waals surface area (Å²) in [5, 5.41) is 9.32. The van der Waals surface area contributed by atoms with Gasteiger partial charge in [0.1, 0.15) is 0 Å². The maximum absolute atomic E-state index is 12.7. The molecule has 2 bridgehead atoms. The van der Waals surface area contributed by atoms with Crippen LogP contribution in [-0.2, 0) is 13.0 Å². The second kappa shape index (κ2) is 8.53. The van der Waals surface area contributed by atoms with Gasteiger partial charge in [-0.25, -0.2) is 0 Å². The van der Waals surface area contributed by atoms with Crippen molar-refractivity contribution in [2.24, 2.45) is 5.92 Å². The number of benzene rings is 2. The minimum absolute atomic E-state index is 0.0995. The molecule has 0 saturated carbocycles. The predicted molar refractivity (Wildman–Crippen MR) is 123 cm³/mol. The van der Waals surface area contributed by atoms with Gasteiger partial charge in [-0.2, -0.15) is 5.26 Å². The molecule has 2 atom stereocenters. The highest BCUT2D eigenvalue weighted by atomic mass is 16.1. The summed E-state index contributed by atoms with van der Waals surface area (Å²) in [5.41, 5.74) is 5.45. The Morgan fingerprint density at radius 2 is 1.84 bits per heavy atom. The number of nitriles is 1. The van der Waals surface area contributed by atoms with Gasteiger partial charge < -0.3 is 9.47 Å². The number of likely N-dealkylation sites (tertiary alicyclic amines) is 1. The zero-order valence-electron chi connectivity index (χ0n) is 17.7. The second-order valence-corrected chi connectivity index (χ2v) is 8.92. The SMILES string of the molecule is N#Cc1cccc(-c2ccc(=O)n3c2C2CC(CN(CCCc4ccccc4)C2)C3)c1. The first-order valence-electron chi connectivity index (χ1n) is 11.2. The van der Waals surface area contributed by atoms with Crippen molar-refractivity contribution in [3.05, 3.63) is 93.9 Å². The molecule has 1 aromatic heterocycles. The number of fused-ring (bicyclic) bond motifs is 4. The van der Waals surface area contributed by atoms with Crippen molar-refractivity contribution >= 4 is 0 Å². The van der Waals surface area contributed by atoms with E-state index in [2.05, 4.69) is 41.3 Å². The van der Waals surface area contributed by atoms with Gasteiger partial charge >= 0.3 is 0 Å². The Morgan fingerprint density at radius 3 is 2.68 bits per heavy atom. The molecule has 5 rings (SSSR count). The minimum atomic E-state index is 0.0995. The van der Waals surface area contributed by atoms with E-state index in [0.29, 0.717) is 17.4 Å². The molecule has 4 heteroatoms. The van der Waals surface area contributed by atoms with Crippen molar-refractivity contribution in [2.45, 2.75) is 31.7 Å². The van der Waals surface area contributed by atoms with Crippen LogP contribution >= 0.6 is 0 Å². The quantitative estimate of drug-likeness (QED) is 0.626. The third-order valence-corrected chi connectivity index (χ3v) is 6.75. The maximum atomic E-state index is 12.7. The lowest BCUT2D eigenvalue weighted by atomic mass is 9.80. The van der Waals surface area contributed by atoms with Crippen LogP contribution < -0.4 is 5.56 Å². The maximum Gasteiger partial charge on any atom is 0.250 e. The molecule has 2 aliphatic rings. The van der Waals surface area contributed by atoms with Crippen LogP contribution in [0.1, 0.15) is 35.6 Å².